The first kappa shape index (κ1) is 17.7. The van der Waals surface area contributed by atoms with E-state index in [9.17, 15) is 9.18 Å². The Labute approximate surface area is 157 Å². The quantitative estimate of drug-likeness (QED) is 0.813. The number of nitrogens with zero attached hydrogens (tertiary/aromatic N) is 5. The summed E-state index contributed by atoms with van der Waals surface area (Å²) in [6.07, 6.45) is 1.76. The first-order valence-corrected chi connectivity index (χ1v) is 9.16. The van der Waals surface area contributed by atoms with E-state index in [1.54, 1.807) is 23.2 Å². The highest BCUT2D eigenvalue weighted by Gasteiger charge is 2.23. The van der Waals surface area contributed by atoms with Crippen molar-refractivity contribution >= 4 is 17.4 Å². The molecule has 0 unspecified atom stereocenters. The molecule has 0 N–H and O–H groups in total. The van der Waals surface area contributed by atoms with E-state index in [-0.39, 0.29) is 5.91 Å². The number of carbonyl (C=O) groups is 1. The van der Waals surface area contributed by atoms with Gasteiger partial charge in [-0.1, -0.05) is 6.07 Å². The van der Waals surface area contributed by atoms with Crippen LogP contribution in [0.2, 0.25) is 0 Å². The number of hydrogen-bond acceptors (Lipinski definition) is 6. The molecule has 2 aliphatic heterocycles. The molecule has 1 amide bonds. The lowest BCUT2D eigenvalue weighted by atomic mass is 10.1. The van der Waals surface area contributed by atoms with E-state index in [1.807, 2.05) is 6.07 Å². The van der Waals surface area contributed by atoms with Crippen LogP contribution in [0, 0.1) is 5.82 Å². The molecule has 3 heterocycles. The standard InChI is InChI=1S/C19H22FN5O2/c20-16-3-1-2-15(12-16)19(26)25-6-4-23(5-7-25)17-13-18(22-21-14-17)24-8-10-27-11-9-24/h1-3,12-14H,4-11H2. The number of amides is 1. The molecule has 2 aromatic rings. The molecule has 0 radical (unpaired) electrons. The summed E-state index contributed by atoms with van der Waals surface area (Å²) >= 11 is 0. The normalized spacial score (nSPS) is 17.9. The van der Waals surface area contributed by atoms with Gasteiger partial charge < -0.3 is 19.4 Å². The van der Waals surface area contributed by atoms with Crippen molar-refractivity contribution in [3.8, 4) is 0 Å². The van der Waals surface area contributed by atoms with Crippen LogP contribution in [0.25, 0.3) is 0 Å². The summed E-state index contributed by atoms with van der Waals surface area (Å²) in [5.41, 5.74) is 1.40. The highest BCUT2D eigenvalue weighted by Crippen LogP contribution is 2.21. The molecule has 1 aromatic carbocycles. The minimum Gasteiger partial charge on any atom is -0.378 e. The van der Waals surface area contributed by atoms with E-state index in [1.165, 1.54) is 12.1 Å². The number of aromatic nitrogens is 2. The highest BCUT2D eigenvalue weighted by atomic mass is 19.1. The second kappa shape index (κ2) is 7.87. The van der Waals surface area contributed by atoms with Crippen LogP contribution in [0.15, 0.2) is 36.5 Å². The molecular weight excluding hydrogens is 349 g/mol. The SMILES string of the molecule is O=C(c1cccc(F)c1)N1CCN(c2cnnc(N3CCOCC3)c2)CC1. The summed E-state index contributed by atoms with van der Waals surface area (Å²) in [6.45, 7) is 5.61. The van der Waals surface area contributed by atoms with Crippen LogP contribution in [0.4, 0.5) is 15.9 Å². The molecule has 0 bridgehead atoms. The van der Waals surface area contributed by atoms with E-state index >= 15 is 0 Å². The van der Waals surface area contributed by atoms with E-state index in [4.69, 9.17) is 4.74 Å². The second-order valence-electron chi connectivity index (χ2n) is 6.66. The summed E-state index contributed by atoms with van der Waals surface area (Å²) in [7, 11) is 0. The molecule has 1 aromatic heterocycles. The van der Waals surface area contributed by atoms with Crippen molar-refractivity contribution in [1.82, 2.24) is 15.1 Å². The summed E-state index contributed by atoms with van der Waals surface area (Å²) in [5.74, 6) is 0.336. The Hall–Kier alpha value is -2.74. The van der Waals surface area contributed by atoms with Crippen molar-refractivity contribution in [1.29, 1.82) is 0 Å². The molecule has 0 spiro atoms. The number of anilines is 2. The first-order chi connectivity index (χ1) is 13.2. The third-order valence-corrected chi connectivity index (χ3v) is 4.97. The molecule has 0 saturated carbocycles. The molecule has 8 heteroatoms. The van der Waals surface area contributed by atoms with Crippen LogP contribution < -0.4 is 9.80 Å². The van der Waals surface area contributed by atoms with E-state index < -0.39 is 5.82 Å². The lowest BCUT2D eigenvalue weighted by Gasteiger charge is -2.36. The molecule has 27 heavy (non-hydrogen) atoms. The van der Waals surface area contributed by atoms with Gasteiger partial charge >= 0.3 is 0 Å². The van der Waals surface area contributed by atoms with Gasteiger partial charge in [0.05, 0.1) is 25.1 Å². The smallest absolute Gasteiger partial charge is 0.254 e. The van der Waals surface area contributed by atoms with Crippen molar-refractivity contribution in [3.63, 3.8) is 0 Å². The highest BCUT2D eigenvalue weighted by molar-refractivity contribution is 5.94. The zero-order valence-corrected chi connectivity index (χ0v) is 15.1. The zero-order chi connectivity index (χ0) is 18.6. The lowest BCUT2D eigenvalue weighted by molar-refractivity contribution is 0.0746. The molecule has 2 fully saturated rings. The number of piperazine rings is 1. The van der Waals surface area contributed by atoms with E-state index in [0.717, 1.165) is 24.6 Å². The van der Waals surface area contributed by atoms with Crippen molar-refractivity contribution in [2.75, 3.05) is 62.3 Å². The summed E-state index contributed by atoms with van der Waals surface area (Å²) in [6, 6.07) is 7.89. The first-order valence-electron chi connectivity index (χ1n) is 9.16. The lowest BCUT2D eigenvalue weighted by Crippen LogP contribution is -2.49. The van der Waals surface area contributed by atoms with Gasteiger partial charge in [-0.05, 0) is 18.2 Å². The van der Waals surface area contributed by atoms with Crippen molar-refractivity contribution in [2.24, 2.45) is 0 Å². The monoisotopic (exact) mass is 371 g/mol. The Kier molecular flexibility index (Phi) is 5.15. The van der Waals surface area contributed by atoms with Gasteiger partial charge in [0.1, 0.15) is 5.82 Å². The zero-order valence-electron chi connectivity index (χ0n) is 15.1. The molecule has 2 aliphatic rings. The fourth-order valence-corrected chi connectivity index (χ4v) is 3.44. The minimum atomic E-state index is -0.391. The van der Waals surface area contributed by atoms with Gasteiger partial charge in [0, 0.05) is 50.9 Å². The maximum atomic E-state index is 13.4. The maximum Gasteiger partial charge on any atom is 0.254 e. The third-order valence-electron chi connectivity index (χ3n) is 4.97. The largest absolute Gasteiger partial charge is 0.378 e. The average Bonchev–Trinajstić information content (AvgIpc) is 2.74. The van der Waals surface area contributed by atoms with E-state index in [0.29, 0.717) is 45.0 Å². The number of rotatable bonds is 3. The molecule has 2 saturated heterocycles. The molecule has 0 atom stereocenters. The molecule has 0 aliphatic carbocycles. The van der Waals surface area contributed by atoms with Crippen LogP contribution in [0.5, 0.6) is 0 Å². The molecular formula is C19H22FN5O2. The van der Waals surface area contributed by atoms with Gasteiger partial charge in [-0.15, -0.1) is 5.10 Å². The average molecular weight is 371 g/mol. The Bertz CT molecular complexity index is 804. The molecule has 4 rings (SSSR count). The number of benzene rings is 1. The van der Waals surface area contributed by atoms with Gasteiger partial charge in [0.2, 0.25) is 0 Å². The fraction of sp³-hybridized carbons (Fsp3) is 0.421. The summed E-state index contributed by atoms with van der Waals surface area (Å²) in [4.78, 5) is 18.7. The van der Waals surface area contributed by atoms with Gasteiger partial charge in [-0.2, -0.15) is 5.10 Å². The third kappa shape index (κ3) is 4.00. The predicted octanol–water partition coefficient (Wildman–Crippen LogP) is 1.41. The van der Waals surface area contributed by atoms with Gasteiger partial charge in [0.15, 0.2) is 5.82 Å². The summed E-state index contributed by atoms with van der Waals surface area (Å²) in [5, 5.41) is 8.39. The van der Waals surface area contributed by atoms with Gasteiger partial charge in [-0.3, -0.25) is 4.79 Å². The Morgan fingerprint density at radius 3 is 2.52 bits per heavy atom. The molecule has 142 valence electrons. The minimum absolute atomic E-state index is 0.129. The predicted molar refractivity (Wildman–Crippen MR) is 99.6 cm³/mol. The van der Waals surface area contributed by atoms with Crippen molar-refractivity contribution in [3.05, 3.63) is 47.9 Å². The summed E-state index contributed by atoms with van der Waals surface area (Å²) < 4.78 is 18.8. The number of halogens is 1. The number of hydrogen-bond donors (Lipinski definition) is 0. The molecule has 7 nitrogen and oxygen atoms in total. The van der Waals surface area contributed by atoms with Crippen LogP contribution in [-0.2, 0) is 4.74 Å². The van der Waals surface area contributed by atoms with Crippen molar-refractivity contribution < 1.29 is 13.9 Å². The Balaban J connectivity index is 1.40. The fourth-order valence-electron chi connectivity index (χ4n) is 3.44. The van der Waals surface area contributed by atoms with Crippen LogP contribution in [0.3, 0.4) is 0 Å². The number of ether oxygens (including phenoxy) is 1. The van der Waals surface area contributed by atoms with Gasteiger partial charge in [0.25, 0.3) is 5.91 Å². The Morgan fingerprint density at radius 2 is 1.78 bits per heavy atom. The topological polar surface area (TPSA) is 61.8 Å². The maximum absolute atomic E-state index is 13.4. The van der Waals surface area contributed by atoms with Crippen LogP contribution in [0.1, 0.15) is 10.4 Å². The second-order valence-corrected chi connectivity index (χ2v) is 6.66. The van der Waals surface area contributed by atoms with Crippen molar-refractivity contribution in [2.45, 2.75) is 0 Å². The van der Waals surface area contributed by atoms with E-state index in [2.05, 4.69) is 20.0 Å². The van der Waals surface area contributed by atoms with Crippen LogP contribution >= 0.6 is 0 Å². The van der Waals surface area contributed by atoms with Crippen LogP contribution in [-0.4, -0.2) is 73.5 Å². The number of carbonyl (C=O) groups excluding carboxylic acids is 1. The van der Waals surface area contributed by atoms with Gasteiger partial charge in [-0.25, -0.2) is 4.39 Å². The number of morpholine rings is 1. The Morgan fingerprint density at radius 1 is 1.00 bits per heavy atom.